The van der Waals surface area contributed by atoms with Crippen LogP contribution >= 0.6 is 11.6 Å². The zero-order chi connectivity index (χ0) is 34.6. The number of fused-ring (bicyclic) bond motifs is 1. The predicted molar refractivity (Wildman–Crippen MR) is 187 cm³/mol. The Bertz CT molecular complexity index is 1580. The van der Waals surface area contributed by atoms with Gasteiger partial charge in [0.05, 0.1) is 10.6 Å². The van der Waals surface area contributed by atoms with Crippen LogP contribution in [0.2, 0.25) is 5.02 Å². The number of benzene rings is 2. The van der Waals surface area contributed by atoms with E-state index in [9.17, 15) is 14.9 Å². The number of rotatable bonds is 6. The summed E-state index contributed by atoms with van der Waals surface area (Å²) in [4.78, 5) is 35.2. The molecule has 2 amide bonds. The minimum atomic E-state index is -0.463. The molecule has 0 spiro atoms. The van der Waals surface area contributed by atoms with Crippen LogP contribution in [0.25, 0.3) is 0 Å². The highest BCUT2D eigenvalue weighted by molar-refractivity contribution is 6.31. The van der Waals surface area contributed by atoms with Crippen molar-refractivity contribution in [2.45, 2.75) is 85.6 Å². The first-order valence-electron chi connectivity index (χ1n) is 17.3. The van der Waals surface area contributed by atoms with E-state index in [1.807, 2.05) is 36.6 Å². The monoisotopic (exact) mass is 675 g/mol. The van der Waals surface area contributed by atoms with Crippen LogP contribution in [0.5, 0.6) is 5.75 Å². The van der Waals surface area contributed by atoms with Gasteiger partial charge < -0.3 is 24.2 Å². The Labute approximate surface area is 290 Å². The highest BCUT2D eigenvalue weighted by atomic mass is 35.5. The number of nitrogens with zero attached hydrogens (tertiary/aromatic N) is 5. The molecule has 1 aliphatic carbocycles. The Morgan fingerprint density at radius 2 is 1.65 bits per heavy atom. The molecule has 2 saturated heterocycles. The molecule has 2 aromatic rings. The van der Waals surface area contributed by atoms with Gasteiger partial charge in [-0.05, 0) is 75.4 Å². The van der Waals surface area contributed by atoms with E-state index < -0.39 is 5.60 Å². The number of piperidine rings is 1. The lowest BCUT2D eigenvalue weighted by Gasteiger charge is -2.65. The number of hydrogen-bond donors (Lipinski definition) is 0. The lowest BCUT2D eigenvalue weighted by Crippen LogP contribution is -2.74. The number of nitriles is 1. The number of halogens is 1. The molecule has 0 radical (unpaired) electrons. The number of piperazine rings is 1. The number of carbonyl (C=O) groups is 2. The molecule has 0 atom stereocenters. The molecule has 3 heterocycles. The van der Waals surface area contributed by atoms with E-state index in [0.717, 1.165) is 69.8 Å². The van der Waals surface area contributed by atoms with Gasteiger partial charge in [0.1, 0.15) is 23.5 Å². The average Bonchev–Trinajstić information content (AvgIpc) is 3.33. The van der Waals surface area contributed by atoms with E-state index >= 15 is 0 Å². The number of hydrogen-bond acceptors (Lipinski definition) is 7. The van der Waals surface area contributed by atoms with Crippen molar-refractivity contribution in [1.82, 2.24) is 14.7 Å². The van der Waals surface area contributed by atoms with Crippen LogP contribution in [-0.4, -0.2) is 90.3 Å². The number of carbonyl (C=O) groups excluding carboxylic acids is 2. The zero-order valence-electron chi connectivity index (χ0n) is 29.5. The fraction of sp³-hybridized carbons (Fsp3) is 0.605. The Morgan fingerprint density at radius 3 is 2.25 bits per heavy atom. The SMILES string of the molecule is CC(C)(C)OC(=O)N1CCC(CN2CCN(c3ccc4c(c3)CN(C3C(C)(C)C(Oc5ccc(C#N)c(Cl)c5)C3(C)C)C4=O)CC2)CC1. The van der Waals surface area contributed by atoms with E-state index in [4.69, 9.17) is 21.1 Å². The van der Waals surface area contributed by atoms with Crippen LogP contribution in [0.15, 0.2) is 36.4 Å². The summed E-state index contributed by atoms with van der Waals surface area (Å²) in [6, 6.07) is 13.6. The minimum absolute atomic E-state index is 0.00764. The third kappa shape index (κ3) is 6.58. The van der Waals surface area contributed by atoms with E-state index in [-0.39, 0.29) is 35.0 Å². The molecule has 3 aliphatic heterocycles. The van der Waals surface area contributed by atoms with Crippen molar-refractivity contribution in [2.75, 3.05) is 50.7 Å². The molecule has 6 rings (SSSR count). The lowest BCUT2D eigenvalue weighted by atomic mass is 9.49. The fourth-order valence-corrected chi connectivity index (χ4v) is 9.14. The summed E-state index contributed by atoms with van der Waals surface area (Å²) in [5, 5.41) is 9.62. The highest BCUT2D eigenvalue weighted by Gasteiger charge is 2.67. The van der Waals surface area contributed by atoms with Gasteiger partial charge in [-0.2, -0.15) is 5.26 Å². The van der Waals surface area contributed by atoms with Crippen molar-refractivity contribution in [3.8, 4) is 11.8 Å². The van der Waals surface area contributed by atoms with Gasteiger partial charge in [0.2, 0.25) is 0 Å². The normalized spacial score (nSPS) is 24.1. The van der Waals surface area contributed by atoms with Crippen molar-refractivity contribution in [3.05, 3.63) is 58.1 Å². The quantitative estimate of drug-likeness (QED) is 0.332. The van der Waals surface area contributed by atoms with Crippen molar-refractivity contribution in [1.29, 1.82) is 5.26 Å². The van der Waals surface area contributed by atoms with Crippen LogP contribution < -0.4 is 9.64 Å². The zero-order valence-corrected chi connectivity index (χ0v) is 30.3. The van der Waals surface area contributed by atoms with E-state index in [1.165, 1.54) is 5.69 Å². The topological polar surface area (TPSA) is 89.3 Å². The van der Waals surface area contributed by atoms with E-state index in [2.05, 4.69) is 55.7 Å². The van der Waals surface area contributed by atoms with Crippen LogP contribution in [0.1, 0.15) is 82.8 Å². The molecule has 1 saturated carbocycles. The molecule has 2 aromatic carbocycles. The number of ether oxygens (including phenoxy) is 2. The van der Waals surface area contributed by atoms with Crippen LogP contribution in [0.3, 0.4) is 0 Å². The Hall–Kier alpha value is -3.48. The van der Waals surface area contributed by atoms with Gasteiger partial charge in [-0.25, -0.2) is 4.79 Å². The summed E-state index contributed by atoms with van der Waals surface area (Å²) in [6.45, 7) is 21.5. The van der Waals surface area contributed by atoms with Gasteiger partial charge in [0, 0.05) is 86.5 Å². The van der Waals surface area contributed by atoms with Crippen molar-refractivity contribution in [3.63, 3.8) is 0 Å². The summed E-state index contributed by atoms with van der Waals surface area (Å²) >= 11 is 6.29. The Balaban J connectivity index is 1.03. The molecule has 0 unspecified atom stereocenters. The first-order chi connectivity index (χ1) is 22.6. The molecule has 0 aromatic heterocycles. The summed E-state index contributed by atoms with van der Waals surface area (Å²) in [5.74, 6) is 1.32. The van der Waals surface area contributed by atoms with Crippen molar-refractivity contribution in [2.24, 2.45) is 16.7 Å². The molecule has 258 valence electrons. The summed E-state index contributed by atoms with van der Waals surface area (Å²) in [5.41, 5.74) is 2.43. The average molecular weight is 676 g/mol. The van der Waals surface area contributed by atoms with Crippen LogP contribution in [0.4, 0.5) is 10.5 Å². The Kier molecular flexibility index (Phi) is 9.14. The molecular weight excluding hydrogens is 626 g/mol. The van der Waals surface area contributed by atoms with Crippen LogP contribution in [-0.2, 0) is 11.3 Å². The summed E-state index contributed by atoms with van der Waals surface area (Å²) in [6.07, 6.45) is 1.69. The molecule has 0 bridgehead atoms. The molecule has 4 aliphatic rings. The second kappa shape index (κ2) is 12.8. The third-order valence-corrected chi connectivity index (χ3v) is 11.1. The van der Waals surface area contributed by atoms with Gasteiger partial charge in [0.25, 0.3) is 5.91 Å². The number of anilines is 1. The standard InChI is InChI=1S/C38H50ClN5O4/c1-36(2,3)48-35(46)43-14-12-25(13-15-43)23-41-16-18-42(19-17-41)28-9-11-30-27(20-28)24-44(32(30)45)33-37(4,5)34(38(33,6)7)47-29-10-8-26(22-40)31(39)21-29/h8-11,20-21,25,33-34H,12-19,23-24H2,1-7H3. The maximum atomic E-state index is 13.8. The van der Waals surface area contributed by atoms with E-state index in [1.54, 1.807) is 18.2 Å². The number of amides is 2. The maximum absolute atomic E-state index is 13.8. The lowest BCUT2D eigenvalue weighted by molar-refractivity contribution is -0.199. The van der Waals surface area contributed by atoms with Crippen LogP contribution in [0, 0.1) is 28.1 Å². The van der Waals surface area contributed by atoms with Gasteiger partial charge in [-0.15, -0.1) is 0 Å². The smallest absolute Gasteiger partial charge is 0.410 e. The molecular formula is C38H50ClN5O4. The second-order valence-corrected chi connectivity index (χ2v) is 16.7. The molecule has 9 nitrogen and oxygen atoms in total. The fourth-order valence-electron chi connectivity index (χ4n) is 8.92. The second-order valence-electron chi connectivity index (χ2n) is 16.3. The Morgan fingerprint density at radius 1 is 0.979 bits per heavy atom. The largest absolute Gasteiger partial charge is 0.489 e. The van der Waals surface area contributed by atoms with Crippen molar-refractivity contribution < 1.29 is 19.1 Å². The first kappa shape index (κ1) is 34.4. The minimum Gasteiger partial charge on any atom is -0.489 e. The molecule has 10 heteroatoms. The van der Waals surface area contributed by atoms with Gasteiger partial charge in [0.15, 0.2) is 0 Å². The molecule has 3 fully saturated rings. The summed E-state index contributed by atoms with van der Waals surface area (Å²) in [7, 11) is 0. The molecule has 0 N–H and O–H groups in total. The first-order valence-corrected chi connectivity index (χ1v) is 17.7. The van der Waals surface area contributed by atoms with Gasteiger partial charge >= 0.3 is 6.09 Å². The number of likely N-dealkylation sites (tertiary alicyclic amines) is 1. The van der Waals surface area contributed by atoms with Gasteiger partial charge in [-0.1, -0.05) is 39.3 Å². The third-order valence-electron chi connectivity index (χ3n) is 10.8. The van der Waals surface area contributed by atoms with Crippen molar-refractivity contribution >= 4 is 29.3 Å². The summed E-state index contributed by atoms with van der Waals surface area (Å²) < 4.78 is 12.0. The maximum Gasteiger partial charge on any atom is 0.410 e. The molecule has 48 heavy (non-hydrogen) atoms. The van der Waals surface area contributed by atoms with Gasteiger partial charge in [-0.3, -0.25) is 9.69 Å². The highest BCUT2D eigenvalue weighted by Crippen LogP contribution is 2.59. The van der Waals surface area contributed by atoms with E-state index in [0.29, 0.717) is 28.8 Å². The predicted octanol–water partition coefficient (Wildman–Crippen LogP) is 6.82.